The van der Waals surface area contributed by atoms with E-state index in [1.807, 2.05) is 55.4 Å². The Morgan fingerprint density at radius 3 is 2.00 bits per heavy atom. The maximum absolute atomic E-state index is 14.3. The number of hydrogen-bond donors (Lipinski definition) is 4. The van der Waals surface area contributed by atoms with Crippen LogP contribution in [0, 0.1) is 35.0 Å². The summed E-state index contributed by atoms with van der Waals surface area (Å²) in [5.41, 5.74) is -0.758. The average Bonchev–Trinajstić information content (AvgIpc) is 3.96. The zero-order valence-electron chi connectivity index (χ0n) is 30.2. The van der Waals surface area contributed by atoms with Gasteiger partial charge >= 0.3 is 12.0 Å². The van der Waals surface area contributed by atoms with Crippen LogP contribution in [0.1, 0.15) is 100 Å². The third-order valence-corrected chi connectivity index (χ3v) is 9.71. The Hall–Kier alpha value is -3.44. The van der Waals surface area contributed by atoms with Crippen LogP contribution in [0.3, 0.4) is 0 Å². The molecule has 0 bridgehead atoms. The molecule has 3 aliphatic rings. The van der Waals surface area contributed by atoms with Crippen LogP contribution in [-0.2, 0) is 28.7 Å². The molecule has 0 aromatic heterocycles. The molecule has 2 unspecified atom stereocenters. The predicted molar refractivity (Wildman–Crippen MR) is 182 cm³/mol. The van der Waals surface area contributed by atoms with Crippen molar-refractivity contribution in [3.8, 4) is 0 Å². The number of amides is 5. The van der Waals surface area contributed by atoms with Gasteiger partial charge in [-0.2, -0.15) is 0 Å². The molecular formula is C36H59N5O7. The Morgan fingerprint density at radius 1 is 0.917 bits per heavy atom. The van der Waals surface area contributed by atoms with Gasteiger partial charge < -0.3 is 30.9 Å². The van der Waals surface area contributed by atoms with Crippen molar-refractivity contribution in [3.63, 3.8) is 0 Å². The van der Waals surface area contributed by atoms with Crippen LogP contribution >= 0.6 is 0 Å². The summed E-state index contributed by atoms with van der Waals surface area (Å²) < 4.78 is 5.94. The summed E-state index contributed by atoms with van der Waals surface area (Å²) in [4.78, 5) is 81.9. The van der Waals surface area contributed by atoms with Gasteiger partial charge in [0, 0.05) is 13.1 Å². The van der Waals surface area contributed by atoms with Gasteiger partial charge in [-0.25, -0.2) is 9.59 Å². The van der Waals surface area contributed by atoms with Crippen molar-refractivity contribution in [2.75, 3.05) is 13.1 Å². The molecule has 2 aliphatic carbocycles. The SMILES string of the molecule is C=CCNC(=O)C(=O)C(CCC)NC(=O)[C@@H]1C(C(C)C)CCN1C(=O)[C@@H](NC(=O)N[C@H](C(=O)OC(C1CC1)C1CC1)C(C)C)C(C)(C)C. The minimum Gasteiger partial charge on any atom is -0.460 e. The van der Waals surface area contributed by atoms with Crippen molar-refractivity contribution in [1.82, 2.24) is 26.2 Å². The Balaban J connectivity index is 1.77. The third-order valence-electron chi connectivity index (χ3n) is 9.71. The van der Waals surface area contributed by atoms with E-state index in [1.165, 1.54) is 11.0 Å². The standard InChI is InChI=1S/C36H59N5O7/c1-10-12-25(28(42)32(44)37-18-11-2)38-31(43)27-24(20(3)4)17-19-41(27)33(45)30(36(7,8)9)40-35(47)39-26(21(5)6)34(46)48-29(22-13-14-22)23-15-16-23/h11,20-27,29-30H,2,10,12-19H2,1,3-9H3,(H,37,44)(H,38,43)(H2,39,40,47)/t24?,25?,26-,27-,30+/m0/s1. The summed E-state index contributed by atoms with van der Waals surface area (Å²) in [6.45, 7) is 18.9. The number of carbonyl (C=O) groups is 6. The summed E-state index contributed by atoms with van der Waals surface area (Å²) in [7, 11) is 0. The zero-order valence-corrected chi connectivity index (χ0v) is 30.2. The van der Waals surface area contributed by atoms with Crippen molar-refractivity contribution < 1.29 is 33.5 Å². The molecule has 12 heteroatoms. The van der Waals surface area contributed by atoms with Crippen LogP contribution < -0.4 is 21.3 Å². The van der Waals surface area contributed by atoms with Crippen LogP contribution in [0.15, 0.2) is 12.7 Å². The summed E-state index contributed by atoms with van der Waals surface area (Å²) in [6.07, 6.45) is 6.93. The summed E-state index contributed by atoms with van der Waals surface area (Å²) in [5, 5.41) is 10.8. The third kappa shape index (κ3) is 10.3. The first-order valence-corrected chi connectivity index (χ1v) is 17.8. The topological polar surface area (TPSA) is 163 Å². The fraction of sp³-hybridized carbons (Fsp3) is 0.778. The molecule has 4 N–H and O–H groups in total. The number of Topliss-reactive ketones (excluding diaryl/α,β-unsaturated/α-hetero) is 1. The van der Waals surface area contributed by atoms with Gasteiger partial charge in [-0.3, -0.25) is 19.2 Å². The highest BCUT2D eigenvalue weighted by Gasteiger charge is 2.48. The van der Waals surface area contributed by atoms with Gasteiger partial charge in [0.1, 0.15) is 24.2 Å². The molecule has 1 saturated heterocycles. The molecule has 48 heavy (non-hydrogen) atoms. The number of hydrogen-bond acceptors (Lipinski definition) is 7. The molecule has 2 saturated carbocycles. The first-order chi connectivity index (χ1) is 22.5. The lowest BCUT2D eigenvalue weighted by atomic mass is 9.84. The molecule has 5 amide bonds. The monoisotopic (exact) mass is 673 g/mol. The van der Waals surface area contributed by atoms with Crippen molar-refractivity contribution in [1.29, 1.82) is 0 Å². The smallest absolute Gasteiger partial charge is 0.329 e. The second kappa shape index (κ2) is 16.8. The van der Waals surface area contributed by atoms with Gasteiger partial charge in [0.05, 0.1) is 6.04 Å². The first-order valence-electron chi connectivity index (χ1n) is 17.8. The van der Waals surface area contributed by atoms with Crippen molar-refractivity contribution in [2.45, 2.75) is 131 Å². The summed E-state index contributed by atoms with van der Waals surface area (Å²) in [6, 6.07) is -4.56. The van der Waals surface area contributed by atoms with E-state index in [0.29, 0.717) is 24.7 Å². The van der Waals surface area contributed by atoms with Gasteiger partial charge in [0.2, 0.25) is 17.6 Å². The minimum atomic E-state index is -1.05. The number of urea groups is 1. The number of carbonyl (C=O) groups excluding carboxylic acids is 6. The minimum absolute atomic E-state index is 0.0343. The zero-order chi connectivity index (χ0) is 35.9. The van der Waals surface area contributed by atoms with E-state index in [1.54, 1.807) is 0 Å². The van der Waals surface area contributed by atoms with Crippen LogP contribution in [0.25, 0.3) is 0 Å². The van der Waals surface area contributed by atoms with Gasteiger partial charge in [-0.05, 0) is 73.5 Å². The van der Waals surface area contributed by atoms with Crippen LogP contribution in [-0.4, -0.2) is 83.8 Å². The average molecular weight is 674 g/mol. The van der Waals surface area contributed by atoms with Gasteiger partial charge in [-0.1, -0.05) is 67.9 Å². The summed E-state index contributed by atoms with van der Waals surface area (Å²) in [5.74, 6) is -2.60. The van der Waals surface area contributed by atoms with Crippen molar-refractivity contribution >= 4 is 35.5 Å². The molecular weight excluding hydrogens is 614 g/mol. The number of nitrogens with zero attached hydrogens (tertiary/aromatic N) is 1. The van der Waals surface area contributed by atoms with E-state index < -0.39 is 65.1 Å². The molecule has 3 rings (SSSR count). The lowest BCUT2D eigenvalue weighted by molar-refractivity contribution is -0.155. The van der Waals surface area contributed by atoms with E-state index >= 15 is 0 Å². The van der Waals surface area contributed by atoms with E-state index in [0.717, 1.165) is 25.7 Å². The molecule has 1 aliphatic heterocycles. The van der Waals surface area contributed by atoms with Crippen molar-refractivity contribution in [2.24, 2.45) is 35.0 Å². The highest BCUT2D eigenvalue weighted by Crippen LogP contribution is 2.46. The molecule has 0 radical (unpaired) electrons. The van der Waals surface area contributed by atoms with E-state index in [4.69, 9.17) is 4.74 Å². The van der Waals surface area contributed by atoms with Gasteiger partial charge in [0.15, 0.2) is 0 Å². The fourth-order valence-corrected chi connectivity index (χ4v) is 6.58. The number of ketones is 1. The molecule has 0 spiro atoms. The first kappa shape index (κ1) is 39.0. The largest absolute Gasteiger partial charge is 0.460 e. The number of ether oxygens (including phenoxy) is 1. The van der Waals surface area contributed by atoms with Crippen LogP contribution in [0.2, 0.25) is 0 Å². The van der Waals surface area contributed by atoms with Crippen molar-refractivity contribution in [3.05, 3.63) is 12.7 Å². The molecule has 12 nitrogen and oxygen atoms in total. The van der Waals surface area contributed by atoms with E-state index in [2.05, 4.69) is 27.8 Å². The Bertz CT molecular complexity index is 1190. The fourth-order valence-electron chi connectivity index (χ4n) is 6.58. The Morgan fingerprint density at radius 2 is 1.52 bits per heavy atom. The molecule has 3 fully saturated rings. The second-order valence-corrected chi connectivity index (χ2v) is 15.6. The van der Waals surface area contributed by atoms with Crippen LogP contribution in [0.5, 0.6) is 0 Å². The predicted octanol–water partition coefficient (Wildman–Crippen LogP) is 3.49. The molecule has 270 valence electrons. The molecule has 5 atom stereocenters. The highest BCUT2D eigenvalue weighted by atomic mass is 16.5. The number of rotatable bonds is 17. The number of nitrogens with one attached hydrogen (secondary N) is 4. The lowest BCUT2D eigenvalue weighted by Crippen LogP contribution is -2.62. The number of esters is 1. The Kier molecular flexibility index (Phi) is 13.6. The quantitative estimate of drug-likeness (QED) is 0.104. The van der Waals surface area contributed by atoms with Gasteiger partial charge in [0.25, 0.3) is 5.91 Å². The molecule has 1 heterocycles. The summed E-state index contributed by atoms with van der Waals surface area (Å²) >= 11 is 0. The maximum Gasteiger partial charge on any atom is 0.329 e. The van der Waals surface area contributed by atoms with Crippen LogP contribution in [0.4, 0.5) is 4.79 Å². The van der Waals surface area contributed by atoms with E-state index in [9.17, 15) is 28.8 Å². The second-order valence-electron chi connectivity index (χ2n) is 15.6. The molecule has 0 aromatic rings. The Labute approximate surface area is 286 Å². The van der Waals surface area contributed by atoms with E-state index in [-0.39, 0.29) is 43.4 Å². The van der Waals surface area contributed by atoms with Gasteiger partial charge in [-0.15, -0.1) is 6.58 Å². The lowest BCUT2D eigenvalue weighted by Gasteiger charge is -2.37. The normalized spacial score (nSPS) is 21.4. The highest BCUT2D eigenvalue weighted by molar-refractivity contribution is 6.38. The molecule has 0 aromatic carbocycles. The maximum atomic E-state index is 14.3. The number of likely N-dealkylation sites (tertiary alicyclic amines) is 1.